The Morgan fingerprint density at radius 1 is 1.08 bits per heavy atom. The third kappa shape index (κ3) is 4.09. The van der Waals surface area contributed by atoms with Crippen molar-refractivity contribution in [2.75, 3.05) is 0 Å². The molecule has 0 amide bonds. The lowest BCUT2D eigenvalue weighted by Crippen LogP contribution is -2.58. The Morgan fingerprint density at radius 2 is 1.78 bits per heavy atom. The Balaban J connectivity index is 1.57. The van der Waals surface area contributed by atoms with Crippen LogP contribution in [0.25, 0.3) is 0 Å². The number of carboxylic acid groups (broad SMARTS) is 1. The highest BCUT2D eigenvalue weighted by atomic mass is 16.5. The van der Waals surface area contributed by atoms with Crippen LogP contribution in [-0.4, -0.2) is 23.1 Å². The summed E-state index contributed by atoms with van der Waals surface area (Å²) in [5.41, 5.74) is 2.99. The van der Waals surface area contributed by atoms with Gasteiger partial charge in [-0.3, -0.25) is 4.79 Å². The minimum Gasteiger partial charge on any atom is -0.478 e. The normalized spacial score (nSPS) is 42.4. The maximum absolute atomic E-state index is 11.8. The Kier molecular flexibility index (Phi) is 7.10. The van der Waals surface area contributed by atoms with E-state index in [1.165, 1.54) is 25.7 Å². The lowest BCUT2D eigenvalue weighted by molar-refractivity contribution is -0.174. The molecule has 36 heavy (non-hydrogen) atoms. The van der Waals surface area contributed by atoms with Gasteiger partial charge in [0, 0.05) is 17.9 Å². The fraction of sp³-hybridized carbons (Fsp3) is 0.812. The highest BCUT2D eigenvalue weighted by Crippen LogP contribution is 2.73. The van der Waals surface area contributed by atoms with Gasteiger partial charge >= 0.3 is 11.9 Å². The topological polar surface area (TPSA) is 63.6 Å². The van der Waals surface area contributed by atoms with Gasteiger partial charge in [0.05, 0.1) is 0 Å². The number of aliphatic carboxylic acids is 1. The van der Waals surface area contributed by atoms with Crippen LogP contribution in [0.15, 0.2) is 23.3 Å². The van der Waals surface area contributed by atoms with E-state index in [1.807, 2.05) is 6.08 Å². The lowest BCUT2D eigenvalue weighted by Gasteiger charge is -2.64. The molecule has 202 valence electrons. The first-order chi connectivity index (χ1) is 16.7. The summed E-state index contributed by atoms with van der Waals surface area (Å²) in [5, 5.41) is 9.19. The van der Waals surface area contributed by atoms with Crippen molar-refractivity contribution in [3.63, 3.8) is 0 Å². The van der Waals surface area contributed by atoms with Crippen LogP contribution in [0.3, 0.4) is 0 Å². The van der Waals surface area contributed by atoms with E-state index in [0.717, 1.165) is 32.1 Å². The standard InChI is InChI=1S/C32H50O4/c1-20(10-9-11-21(2)28(34)35)23-14-18-32(8)25-12-13-26-29(4,5)27(36-22(3)33)16-17-30(26,6)24(25)15-19-31(23,32)7/h11-12,20,23-24,26-27H,9-10,13-19H2,1-8H3,(H,34,35)/b21-11-/t20-,23-,24?,26?,27?,30+,31-,32+/m0/s1. The first-order valence-electron chi connectivity index (χ1n) is 14.5. The zero-order valence-electron chi connectivity index (χ0n) is 24.1. The molecule has 0 saturated heterocycles. The van der Waals surface area contributed by atoms with Gasteiger partial charge in [-0.25, -0.2) is 4.79 Å². The molecule has 0 aromatic heterocycles. The van der Waals surface area contributed by atoms with Gasteiger partial charge in [0.25, 0.3) is 0 Å². The van der Waals surface area contributed by atoms with Crippen molar-refractivity contribution in [3.05, 3.63) is 23.3 Å². The molecule has 0 radical (unpaired) electrons. The van der Waals surface area contributed by atoms with Gasteiger partial charge in [-0.05, 0) is 105 Å². The predicted octanol–water partition coefficient (Wildman–Crippen LogP) is 7.97. The summed E-state index contributed by atoms with van der Waals surface area (Å²) in [5.74, 6) is 1.49. The third-order valence-electron chi connectivity index (χ3n) is 12.2. The molecule has 4 nitrogen and oxygen atoms in total. The number of hydrogen-bond acceptors (Lipinski definition) is 3. The molecular weight excluding hydrogens is 448 g/mol. The SMILES string of the molecule is CC(=O)OC1CC[C@]2(C)C3CC[C@@]4(C)[C@H]([C@@H](C)CC/C=C(/C)C(=O)O)CC[C@]4(C)C3=CCC2C1(C)C. The monoisotopic (exact) mass is 498 g/mol. The highest BCUT2D eigenvalue weighted by Gasteiger charge is 2.65. The van der Waals surface area contributed by atoms with E-state index in [-0.39, 0.29) is 28.3 Å². The van der Waals surface area contributed by atoms with Gasteiger partial charge in [0.1, 0.15) is 6.10 Å². The van der Waals surface area contributed by atoms with Crippen molar-refractivity contribution in [1.29, 1.82) is 0 Å². The molecule has 3 unspecified atom stereocenters. The molecule has 0 heterocycles. The van der Waals surface area contributed by atoms with Crippen molar-refractivity contribution >= 4 is 11.9 Å². The maximum atomic E-state index is 11.8. The molecule has 0 bridgehead atoms. The summed E-state index contributed by atoms with van der Waals surface area (Å²) >= 11 is 0. The molecule has 0 aliphatic heterocycles. The van der Waals surface area contributed by atoms with Crippen molar-refractivity contribution in [2.24, 2.45) is 45.3 Å². The van der Waals surface area contributed by atoms with Crippen LogP contribution < -0.4 is 0 Å². The first-order valence-corrected chi connectivity index (χ1v) is 14.5. The lowest BCUT2D eigenvalue weighted by atomic mass is 9.41. The molecule has 4 rings (SSSR count). The van der Waals surface area contributed by atoms with Crippen LogP contribution in [-0.2, 0) is 14.3 Å². The van der Waals surface area contributed by atoms with Crippen LogP contribution >= 0.6 is 0 Å². The molecule has 0 spiro atoms. The molecule has 3 fully saturated rings. The fourth-order valence-electron chi connectivity index (χ4n) is 9.90. The van der Waals surface area contributed by atoms with Crippen molar-refractivity contribution in [1.82, 2.24) is 0 Å². The summed E-state index contributed by atoms with van der Waals surface area (Å²) in [6.07, 6.45) is 14.8. The zero-order chi connectivity index (χ0) is 26.7. The summed E-state index contributed by atoms with van der Waals surface area (Å²) < 4.78 is 5.85. The molecule has 4 heteroatoms. The third-order valence-corrected chi connectivity index (χ3v) is 12.2. The number of hydrogen-bond donors (Lipinski definition) is 1. The number of allylic oxidation sites excluding steroid dienone is 3. The quantitative estimate of drug-likeness (QED) is 0.229. The van der Waals surface area contributed by atoms with E-state index in [2.05, 4.69) is 47.6 Å². The summed E-state index contributed by atoms with van der Waals surface area (Å²) in [4.78, 5) is 23.0. The minimum atomic E-state index is -0.803. The van der Waals surface area contributed by atoms with E-state index in [1.54, 1.807) is 19.4 Å². The summed E-state index contributed by atoms with van der Waals surface area (Å²) in [6, 6.07) is 0. The number of ether oxygens (including phenoxy) is 1. The molecule has 3 saturated carbocycles. The van der Waals surface area contributed by atoms with Gasteiger partial charge in [-0.15, -0.1) is 0 Å². The Bertz CT molecular complexity index is 959. The fourth-order valence-corrected chi connectivity index (χ4v) is 9.90. The molecule has 1 N–H and O–H groups in total. The second kappa shape index (κ2) is 9.31. The number of carbonyl (C=O) groups is 2. The Morgan fingerprint density at radius 3 is 2.42 bits per heavy atom. The molecule has 0 aromatic rings. The molecule has 4 aliphatic carbocycles. The first kappa shape index (κ1) is 27.5. The van der Waals surface area contributed by atoms with Gasteiger partial charge in [-0.1, -0.05) is 59.3 Å². The van der Waals surface area contributed by atoms with Crippen molar-refractivity contribution in [2.45, 2.75) is 119 Å². The van der Waals surface area contributed by atoms with Crippen LogP contribution in [0.2, 0.25) is 0 Å². The van der Waals surface area contributed by atoms with Gasteiger partial charge in [0.15, 0.2) is 0 Å². The number of carbonyl (C=O) groups excluding carboxylic acids is 1. The van der Waals surface area contributed by atoms with Crippen LogP contribution in [0.4, 0.5) is 0 Å². The minimum absolute atomic E-state index is 0.0167. The van der Waals surface area contributed by atoms with E-state index in [4.69, 9.17) is 4.74 Å². The second-order valence-electron chi connectivity index (χ2n) is 14.1. The highest BCUT2D eigenvalue weighted by molar-refractivity contribution is 5.85. The maximum Gasteiger partial charge on any atom is 0.330 e. The van der Waals surface area contributed by atoms with Crippen molar-refractivity contribution < 1.29 is 19.4 Å². The zero-order valence-corrected chi connectivity index (χ0v) is 24.1. The van der Waals surface area contributed by atoms with Gasteiger partial charge in [0.2, 0.25) is 0 Å². The molecule has 0 aromatic carbocycles. The molecule has 8 atom stereocenters. The number of fused-ring (bicyclic) bond motifs is 5. The number of esters is 1. The Labute approximate surface area is 219 Å². The Hall–Kier alpha value is -1.58. The van der Waals surface area contributed by atoms with Crippen LogP contribution in [0, 0.1) is 45.3 Å². The summed E-state index contributed by atoms with van der Waals surface area (Å²) in [7, 11) is 0. The number of carboxylic acids is 1. The van der Waals surface area contributed by atoms with E-state index >= 15 is 0 Å². The van der Waals surface area contributed by atoms with E-state index in [9.17, 15) is 14.7 Å². The van der Waals surface area contributed by atoms with E-state index < -0.39 is 5.97 Å². The van der Waals surface area contributed by atoms with Gasteiger partial charge < -0.3 is 9.84 Å². The van der Waals surface area contributed by atoms with Crippen LogP contribution in [0.1, 0.15) is 113 Å². The number of rotatable bonds is 6. The summed E-state index contributed by atoms with van der Waals surface area (Å²) in [6.45, 7) is 18.0. The van der Waals surface area contributed by atoms with E-state index in [0.29, 0.717) is 34.7 Å². The molecular formula is C32H50O4. The predicted molar refractivity (Wildman–Crippen MR) is 144 cm³/mol. The smallest absolute Gasteiger partial charge is 0.330 e. The van der Waals surface area contributed by atoms with Crippen LogP contribution in [0.5, 0.6) is 0 Å². The average Bonchev–Trinajstić information content (AvgIpc) is 3.07. The second-order valence-corrected chi connectivity index (χ2v) is 14.1. The van der Waals surface area contributed by atoms with Gasteiger partial charge in [-0.2, -0.15) is 0 Å². The van der Waals surface area contributed by atoms with Crippen molar-refractivity contribution in [3.8, 4) is 0 Å². The largest absolute Gasteiger partial charge is 0.478 e. The molecule has 4 aliphatic rings. The average molecular weight is 499 g/mol.